The van der Waals surface area contributed by atoms with Gasteiger partial charge in [0.25, 0.3) is 5.91 Å². The molecule has 1 amide bonds. The minimum absolute atomic E-state index is 0.172. The summed E-state index contributed by atoms with van der Waals surface area (Å²) in [5.74, 6) is 2.27. The minimum atomic E-state index is -0.271. The van der Waals surface area contributed by atoms with E-state index in [0.29, 0.717) is 10.6 Å². The van der Waals surface area contributed by atoms with Gasteiger partial charge in [0.15, 0.2) is 0 Å². The van der Waals surface area contributed by atoms with E-state index >= 15 is 0 Å². The van der Waals surface area contributed by atoms with Crippen molar-refractivity contribution in [3.8, 4) is 12.3 Å². The Morgan fingerprint density at radius 3 is 2.80 bits per heavy atom. The summed E-state index contributed by atoms with van der Waals surface area (Å²) in [6.07, 6.45) is 5.17. The van der Waals surface area contributed by atoms with Crippen molar-refractivity contribution >= 4 is 17.5 Å². The van der Waals surface area contributed by atoms with Crippen LogP contribution >= 0.6 is 11.6 Å². The lowest BCUT2D eigenvalue weighted by Gasteiger charge is -2.09. The Morgan fingerprint density at radius 2 is 2.27 bits per heavy atom. The molecule has 1 atom stereocenters. The second-order valence-electron chi connectivity index (χ2n) is 3.32. The molecule has 0 aromatic heterocycles. The third-order valence-electron chi connectivity index (χ3n) is 2.03. The average molecular weight is 222 g/mol. The van der Waals surface area contributed by atoms with E-state index in [-0.39, 0.29) is 11.9 Å². The highest BCUT2D eigenvalue weighted by molar-refractivity contribution is 6.30. The third kappa shape index (κ3) is 3.00. The molecule has 0 heterocycles. The number of nitrogens with one attached hydrogen (secondary N) is 1. The fraction of sp³-hybridized carbons (Fsp3) is 0.250. The lowest BCUT2D eigenvalue weighted by molar-refractivity contribution is 0.0947. The first-order chi connectivity index (χ1) is 7.04. The summed E-state index contributed by atoms with van der Waals surface area (Å²) >= 11 is 5.79. The maximum atomic E-state index is 11.7. The fourth-order valence-corrected chi connectivity index (χ4v) is 1.42. The van der Waals surface area contributed by atoms with Gasteiger partial charge in [-0.15, -0.1) is 6.42 Å². The molecule has 2 nitrogen and oxygen atoms in total. The van der Waals surface area contributed by atoms with Gasteiger partial charge in [-0.1, -0.05) is 17.5 Å². The molecule has 1 unspecified atom stereocenters. The van der Waals surface area contributed by atoms with Gasteiger partial charge < -0.3 is 5.32 Å². The van der Waals surface area contributed by atoms with E-state index in [1.807, 2.05) is 6.92 Å². The Hall–Kier alpha value is -1.46. The summed E-state index contributed by atoms with van der Waals surface area (Å²) in [5, 5.41) is 3.31. The van der Waals surface area contributed by atoms with E-state index in [0.717, 1.165) is 5.56 Å². The van der Waals surface area contributed by atoms with Crippen LogP contribution in [0.1, 0.15) is 22.8 Å². The summed E-state index contributed by atoms with van der Waals surface area (Å²) in [5.41, 5.74) is 1.44. The molecule has 1 N–H and O–H groups in total. The molecule has 1 rings (SSSR count). The Morgan fingerprint density at radius 1 is 1.60 bits per heavy atom. The SMILES string of the molecule is C#CC(C)NC(=O)c1ccc(Cl)cc1C. The van der Waals surface area contributed by atoms with Crippen molar-refractivity contribution in [2.24, 2.45) is 0 Å². The van der Waals surface area contributed by atoms with Crippen LogP contribution in [0.15, 0.2) is 18.2 Å². The number of carbonyl (C=O) groups excluding carboxylic acids is 1. The zero-order valence-corrected chi connectivity index (χ0v) is 9.43. The van der Waals surface area contributed by atoms with Gasteiger partial charge in [0.2, 0.25) is 0 Å². The van der Waals surface area contributed by atoms with Crippen molar-refractivity contribution < 1.29 is 4.79 Å². The van der Waals surface area contributed by atoms with E-state index < -0.39 is 0 Å². The summed E-state index contributed by atoms with van der Waals surface area (Å²) in [6.45, 7) is 3.59. The number of aryl methyl sites for hydroxylation is 1. The van der Waals surface area contributed by atoms with Gasteiger partial charge in [-0.3, -0.25) is 4.79 Å². The van der Waals surface area contributed by atoms with E-state index in [2.05, 4.69) is 11.2 Å². The Bertz CT molecular complexity index is 420. The average Bonchev–Trinajstić information content (AvgIpc) is 2.17. The zero-order chi connectivity index (χ0) is 11.4. The van der Waals surface area contributed by atoms with Crippen LogP contribution in [-0.2, 0) is 0 Å². The van der Waals surface area contributed by atoms with Crippen LogP contribution in [0.5, 0.6) is 0 Å². The normalized spacial score (nSPS) is 11.6. The van der Waals surface area contributed by atoms with Crippen molar-refractivity contribution in [3.63, 3.8) is 0 Å². The number of carbonyl (C=O) groups is 1. The van der Waals surface area contributed by atoms with Crippen LogP contribution < -0.4 is 5.32 Å². The number of halogens is 1. The van der Waals surface area contributed by atoms with Gasteiger partial charge in [-0.2, -0.15) is 0 Å². The quantitative estimate of drug-likeness (QED) is 0.764. The van der Waals surface area contributed by atoms with Crippen molar-refractivity contribution in [1.82, 2.24) is 5.32 Å². The van der Waals surface area contributed by atoms with Crippen LogP contribution in [-0.4, -0.2) is 11.9 Å². The number of terminal acetylenes is 1. The smallest absolute Gasteiger partial charge is 0.252 e. The number of hydrogen-bond donors (Lipinski definition) is 1. The monoisotopic (exact) mass is 221 g/mol. The van der Waals surface area contributed by atoms with E-state index in [1.54, 1.807) is 25.1 Å². The second kappa shape index (κ2) is 4.86. The summed E-state index contributed by atoms with van der Waals surface area (Å²) in [6, 6.07) is 4.85. The standard InChI is InChI=1S/C12H12ClNO/c1-4-9(3)14-12(15)11-6-5-10(13)7-8(11)2/h1,5-7,9H,2-3H3,(H,14,15). The van der Waals surface area contributed by atoms with Gasteiger partial charge in [0, 0.05) is 10.6 Å². The molecule has 0 fully saturated rings. The predicted molar refractivity (Wildman–Crippen MR) is 62.0 cm³/mol. The Labute approximate surface area is 94.6 Å². The van der Waals surface area contributed by atoms with Crippen molar-refractivity contribution in [2.75, 3.05) is 0 Å². The molecular weight excluding hydrogens is 210 g/mol. The first-order valence-electron chi connectivity index (χ1n) is 4.57. The van der Waals surface area contributed by atoms with Gasteiger partial charge in [-0.25, -0.2) is 0 Å². The van der Waals surface area contributed by atoms with Crippen molar-refractivity contribution in [3.05, 3.63) is 34.3 Å². The lowest BCUT2D eigenvalue weighted by atomic mass is 10.1. The van der Waals surface area contributed by atoms with Gasteiger partial charge >= 0.3 is 0 Å². The predicted octanol–water partition coefficient (Wildman–Crippen LogP) is 2.40. The molecule has 0 spiro atoms. The molecule has 0 aliphatic carbocycles. The van der Waals surface area contributed by atoms with Crippen molar-refractivity contribution in [1.29, 1.82) is 0 Å². The molecule has 0 aliphatic rings. The lowest BCUT2D eigenvalue weighted by Crippen LogP contribution is -2.31. The van der Waals surface area contributed by atoms with Crippen LogP contribution in [0.2, 0.25) is 5.02 Å². The van der Waals surface area contributed by atoms with Crippen LogP contribution in [0, 0.1) is 19.3 Å². The van der Waals surface area contributed by atoms with Crippen LogP contribution in [0.25, 0.3) is 0 Å². The molecule has 1 aromatic carbocycles. The topological polar surface area (TPSA) is 29.1 Å². The maximum Gasteiger partial charge on any atom is 0.252 e. The summed E-state index contributed by atoms with van der Waals surface area (Å²) < 4.78 is 0. The first-order valence-corrected chi connectivity index (χ1v) is 4.95. The van der Waals surface area contributed by atoms with Crippen LogP contribution in [0.3, 0.4) is 0 Å². The second-order valence-corrected chi connectivity index (χ2v) is 3.76. The Balaban J connectivity index is 2.88. The van der Waals surface area contributed by atoms with Crippen LogP contribution in [0.4, 0.5) is 0 Å². The highest BCUT2D eigenvalue weighted by atomic mass is 35.5. The number of benzene rings is 1. The van der Waals surface area contributed by atoms with E-state index in [4.69, 9.17) is 18.0 Å². The molecular formula is C12H12ClNO. The molecule has 0 saturated heterocycles. The molecule has 0 bridgehead atoms. The zero-order valence-electron chi connectivity index (χ0n) is 8.67. The minimum Gasteiger partial charge on any atom is -0.339 e. The molecule has 0 saturated carbocycles. The molecule has 1 aromatic rings. The summed E-state index contributed by atoms with van der Waals surface area (Å²) in [4.78, 5) is 11.7. The van der Waals surface area contributed by atoms with Gasteiger partial charge in [0.05, 0.1) is 6.04 Å². The maximum absolute atomic E-state index is 11.7. The van der Waals surface area contributed by atoms with E-state index in [1.165, 1.54) is 0 Å². The Kier molecular flexibility index (Phi) is 3.76. The molecule has 0 aliphatic heterocycles. The van der Waals surface area contributed by atoms with Gasteiger partial charge in [-0.05, 0) is 37.6 Å². The molecule has 0 radical (unpaired) electrons. The molecule has 3 heteroatoms. The summed E-state index contributed by atoms with van der Waals surface area (Å²) in [7, 11) is 0. The fourth-order valence-electron chi connectivity index (χ4n) is 1.20. The number of amides is 1. The van der Waals surface area contributed by atoms with E-state index in [9.17, 15) is 4.79 Å². The molecule has 15 heavy (non-hydrogen) atoms. The van der Waals surface area contributed by atoms with Crippen molar-refractivity contribution in [2.45, 2.75) is 19.9 Å². The number of hydrogen-bond acceptors (Lipinski definition) is 1. The highest BCUT2D eigenvalue weighted by Gasteiger charge is 2.10. The van der Waals surface area contributed by atoms with Gasteiger partial charge in [0.1, 0.15) is 0 Å². The number of rotatable bonds is 2. The highest BCUT2D eigenvalue weighted by Crippen LogP contribution is 2.15. The largest absolute Gasteiger partial charge is 0.339 e. The third-order valence-corrected chi connectivity index (χ3v) is 2.27. The first kappa shape index (κ1) is 11.6. The molecule has 78 valence electrons.